The average molecular weight is 456 g/mol. The summed E-state index contributed by atoms with van der Waals surface area (Å²) in [5, 5.41) is 9.20. The van der Waals surface area contributed by atoms with Gasteiger partial charge in [-0.1, -0.05) is 18.2 Å². The fraction of sp³-hybridized carbons (Fsp3) is 0.222. The number of nitrogens with one attached hydrogen (secondary N) is 2. The van der Waals surface area contributed by atoms with Crippen LogP contribution >= 0.6 is 0 Å². The summed E-state index contributed by atoms with van der Waals surface area (Å²) in [6.45, 7) is 7.83. The first-order valence-corrected chi connectivity index (χ1v) is 11.2. The van der Waals surface area contributed by atoms with Gasteiger partial charge in [0.15, 0.2) is 5.84 Å². The zero-order valence-corrected chi connectivity index (χ0v) is 19.4. The van der Waals surface area contributed by atoms with Crippen LogP contribution in [0.1, 0.15) is 34.9 Å². The van der Waals surface area contributed by atoms with Gasteiger partial charge < -0.3 is 14.5 Å². The van der Waals surface area contributed by atoms with Crippen LogP contribution in [0.2, 0.25) is 0 Å². The molecule has 5 rings (SSSR count). The molecule has 7 heteroatoms. The van der Waals surface area contributed by atoms with Crippen LogP contribution < -0.4 is 4.90 Å². The van der Waals surface area contributed by atoms with Gasteiger partial charge in [0.2, 0.25) is 5.91 Å². The number of carbonyl (C=O) groups is 1. The molecule has 1 aliphatic rings. The van der Waals surface area contributed by atoms with Crippen molar-refractivity contribution in [3.63, 3.8) is 0 Å². The molecule has 3 heterocycles. The Hall–Kier alpha value is -4.00. The van der Waals surface area contributed by atoms with Gasteiger partial charge in [-0.05, 0) is 56.8 Å². The number of halogens is 1. The monoisotopic (exact) mass is 455 g/mol. The zero-order valence-electron chi connectivity index (χ0n) is 19.4. The second-order valence-electron chi connectivity index (χ2n) is 8.83. The van der Waals surface area contributed by atoms with E-state index < -0.39 is 5.82 Å². The molecule has 1 saturated heterocycles. The van der Waals surface area contributed by atoms with Crippen molar-refractivity contribution in [1.29, 1.82) is 5.41 Å². The Labute approximate surface area is 197 Å². The van der Waals surface area contributed by atoms with E-state index in [0.29, 0.717) is 35.3 Å². The number of para-hydroxylation sites is 1. The number of aliphatic imine (C=N–C) groups is 1. The zero-order chi connectivity index (χ0) is 24.1. The Bertz CT molecular complexity index is 1480. The van der Waals surface area contributed by atoms with Gasteiger partial charge in [-0.3, -0.25) is 10.2 Å². The number of hydrogen-bond donors (Lipinski definition) is 2. The molecule has 1 unspecified atom stereocenters. The minimum atomic E-state index is -0.444. The van der Waals surface area contributed by atoms with Gasteiger partial charge in [0.1, 0.15) is 5.82 Å². The van der Waals surface area contributed by atoms with Crippen LogP contribution in [0.3, 0.4) is 0 Å². The maximum absolute atomic E-state index is 15.4. The minimum absolute atomic E-state index is 0.00300. The summed E-state index contributed by atoms with van der Waals surface area (Å²) >= 11 is 0. The summed E-state index contributed by atoms with van der Waals surface area (Å²) in [6.07, 6.45) is 2.47. The Kier molecular flexibility index (Phi) is 5.20. The number of anilines is 1. The molecule has 2 aromatic heterocycles. The summed E-state index contributed by atoms with van der Waals surface area (Å²) in [5.41, 5.74) is 5.89. The van der Waals surface area contributed by atoms with E-state index in [0.717, 1.165) is 27.9 Å². The fourth-order valence-electron chi connectivity index (χ4n) is 5.15. The third-order valence-electron chi connectivity index (χ3n) is 6.93. The van der Waals surface area contributed by atoms with E-state index in [1.165, 1.54) is 6.07 Å². The lowest BCUT2D eigenvalue weighted by Crippen LogP contribution is -2.26. The molecule has 1 atom stereocenters. The highest BCUT2D eigenvalue weighted by Crippen LogP contribution is 2.39. The standard InChI is InChI=1S/C27H26FN5O/c1-15-24(19-7-5-6-8-23(19)31-15)20-11-12-33(27(20)34)17-9-10-18(22(28)13-17)21-14-32(4)16(2)25(21)26(29)30-3/h5-10,13-14,20,29,31H,3,11-12H2,1-2,4H3. The SMILES string of the molecule is C=NC(=N)c1c(-c2ccc(N3CCC(c4c(C)[nH]c5ccccc45)C3=O)cc2F)cn(C)c1C. The number of amidine groups is 1. The van der Waals surface area contributed by atoms with Crippen molar-refractivity contribution in [1.82, 2.24) is 9.55 Å². The molecule has 0 spiro atoms. The number of fused-ring (bicyclic) bond motifs is 1. The first-order chi connectivity index (χ1) is 16.3. The molecular formula is C27H26FN5O. The third-order valence-corrected chi connectivity index (χ3v) is 6.93. The molecule has 1 aliphatic heterocycles. The van der Waals surface area contributed by atoms with E-state index in [4.69, 9.17) is 5.41 Å². The van der Waals surface area contributed by atoms with Crippen LogP contribution in [0.25, 0.3) is 22.0 Å². The van der Waals surface area contributed by atoms with Crippen molar-refractivity contribution in [2.45, 2.75) is 26.2 Å². The van der Waals surface area contributed by atoms with E-state index in [2.05, 4.69) is 16.7 Å². The van der Waals surface area contributed by atoms with Crippen molar-refractivity contribution in [3.8, 4) is 11.1 Å². The Morgan fingerprint density at radius 2 is 1.97 bits per heavy atom. The number of aryl methyl sites for hydroxylation is 2. The van der Waals surface area contributed by atoms with E-state index in [9.17, 15) is 4.79 Å². The van der Waals surface area contributed by atoms with Gasteiger partial charge >= 0.3 is 0 Å². The summed E-state index contributed by atoms with van der Waals surface area (Å²) in [5.74, 6) is -0.723. The van der Waals surface area contributed by atoms with Gasteiger partial charge in [-0.25, -0.2) is 9.38 Å². The molecule has 0 aliphatic carbocycles. The van der Waals surface area contributed by atoms with Crippen molar-refractivity contribution >= 4 is 35.1 Å². The van der Waals surface area contributed by atoms with Crippen LogP contribution in [0.4, 0.5) is 10.1 Å². The third kappa shape index (κ3) is 3.27. The average Bonchev–Trinajstić information content (AvgIpc) is 3.45. The van der Waals surface area contributed by atoms with Gasteiger partial charge in [0.05, 0.1) is 5.92 Å². The second-order valence-corrected chi connectivity index (χ2v) is 8.83. The Morgan fingerprint density at radius 3 is 2.71 bits per heavy atom. The molecule has 2 N–H and O–H groups in total. The van der Waals surface area contributed by atoms with E-state index in [1.807, 2.05) is 49.7 Å². The van der Waals surface area contributed by atoms with Crippen molar-refractivity contribution in [2.75, 3.05) is 11.4 Å². The lowest BCUT2D eigenvalue weighted by atomic mass is 9.95. The number of hydrogen-bond acceptors (Lipinski definition) is 2. The van der Waals surface area contributed by atoms with Gasteiger partial charge in [0, 0.05) is 64.5 Å². The van der Waals surface area contributed by atoms with Crippen molar-refractivity contribution in [2.24, 2.45) is 12.0 Å². The normalized spacial score (nSPS) is 15.9. The van der Waals surface area contributed by atoms with Gasteiger partial charge in [-0.15, -0.1) is 0 Å². The van der Waals surface area contributed by atoms with E-state index in [-0.39, 0.29) is 17.7 Å². The molecule has 4 aromatic rings. The number of H-pyrrole nitrogens is 1. The smallest absolute Gasteiger partial charge is 0.234 e. The number of nitrogens with zero attached hydrogens (tertiary/aromatic N) is 3. The molecule has 1 fully saturated rings. The number of rotatable bonds is 4. The van der Waals surface area contributed by atoms with Crippen LogP contribution in [-0.2, 0) is 11.8 Å². The molecule has 34 heavy (non-hydrogen) atoms. The maximum Gasteiger partial charge on any atom is 0.234 e. The lowest BCUT2D eigenvalue weighted by Gasteiger charge is -2.18. The topological polar surface area (TPSA) is 77.2 Å². The number of aromatic nitrogens is 2. The van der Waals surface area contributed by atoms with Crippen molar-refractivity contribution in [3.05, 3.63) is 77.0 Å². The molecule has 0 bridgehead atoms. The largest absolute Gasteiger partial charge is 0.358 e. The summed E-state index contributed by atoms with van der Waals surface area (Å²) in [4.78, 5) is 22.2. The first kappa shape index (κ1) is 21.8. The second kappa shape index (κ2) is 8.09. The predicted octanol–water partition coefficient (Wildman–Crippen LogP) is 5.48. The van der Waals surface area contributed by atoms with Gasteiger partial charge in [0.25, 0.3) is 0 Å². The minimum Gasteiger partial charge on any atom is -0.358 e. The quantitative estimate of drug-likeness (QED) is 0.310. The highest BCUT2D eigenvalue weighted by Gasteiger charge is 2.36. The molecule has 2 aromatic carbocycles. The number of amides is 1. The lowest BCUT2D eigenvalue weighted by molar-refractivity contribution is -0.118. The van der Waals surface area contributed by atoms with Crippen LogP contribution in [0, 0.1) is 25.1 Å². The van der Waals surface area contributed by atoms with Gasteiger partial charge in [-0.2, -0.15) is 0 Å². The van der Waals surface area contributed by atoms with Crippen LogP contribution in [0.5, 0.6) is 0 Å². The fourth-order valence-corrected chi connectivity index (χ4v) is 5.15. The first-order valence-electron chi connectivity index (χ1n) is 11.2. The molecular weight excluding hydrogens is 429 g/mol. The summed E-state index contributed by atoms with van der Waals surface area (Å²) in [7, 11) is 1.85. The van der Waals surface area contributed by atoms with Crippen LogP contribution in [0.15, 0.2) is 53.7 Å². The maximum atomic E-state index is 15.4. The molecule has 1 amide bonds. The molecule has 172 valence electrons. The number of benzene rings is 2. The highest BCUT2D eigenvalue weighted by atomic mass is 19.1. The molecule has 6 nitrogen and oxygen atoms in total. The number of carbonyl (C=O) groups excluding carboxylic acids is 1. The van der Waals surface area contributed by atoms with E-state index >= 15 is 4.39 Å². The van der Waals surface area contributed by atoms with Crippen LogP contribution in [-0.4, -0.2) is 34.6 Å². The Morgan fingerprint density at radius 1 is 1.21 bits per heavy atom. The highest BCUT2D eigenvalue weighted by molar-refractivity contribution is 6.06. The molecule has 0 radical (unpaired) electrons. The summed E-state index contributed by atoms with van der Waals surface area (Å²) in [6, 6.07) is 12.9. The summed E-state index contributed by atoms with van der Waals surface area (Å²) < 4.78 is 17.2. The number of aromatic amines is 1. The van der Waals surface area contributed by atoms with E-state index in [1.54, 1.807) is 23.2 Å². The Balaban J connectivity index is 1.49. The predicted molar refractivity (Wildman–Crippen MR) is 135 cm³/mol. The van der Waals surface area contributed by atoms with Crippen molar-refractivity contribution < 1.29 is 9.18 Å². The molecule has 0 saturated carbocycles.